The zero-order chi connectivity index (χ0) is 21.2. The molecule has 1 N–H and O–H groups in total. The van der Waals surface area contributed by atoms with Crippen molar-refractivity contribution in [3.8, 4) is 0 Å². The lowest BCUT2D eigenvalue weighted by Gasteiger charge is -2.27. The van der Waals surface area contributed by atoms with Gasteiger partial charge in [-0.1, -0.05) is 26.0 Å². The van der Waals surface area contributed by atoms with Crippen LogP contribution in [0.4, 0.5) is 5.69 Å². The number of amidine groups is 1. The van der Waals surface area contributed by atoms with Gasteiger partial charge in [-0.25, -0.2) is 13.2 Å². The molecule has 1 aromatic rings. The van der Waals surface area contributed by atoms with E-state index in [1.807, 2.05) is 12.1 Å². The zero-order valence-electron chi connectivity index (χ0n) is 16.5. The third-order valence-corrected chi connectivity index (χ3v) is 5.72. The molecule has 3 rings (SSSR count). The highest BCUT2D eigenvalue weighted by Crippen LogP contribution is 2.19. The Bertz CT molecular complexity index is 1010. The predicted molar refractivity (Wildman–Crippen MR) is 110 cm³/mol. The van der Waals surface area contributed by atoms with Crippen LogP contribution in [0.3, 0.4) is 0 Å². The highest BCUT2D eigenvalue weighted by molar-refractivity contribution is 7.90. The minimum atomic E-state index is -3.46. The molecule has 8 nitrogen and oxygen atoms in total. The fourth-order valence-electron chi connectivity index (χ4n) is 2.80. The average Bonchev–Trinajstić information content (AvgIpc) is 2.67. The molecule has 0 saturated carbocycles. The van der Waals surface area contributed by atoms with Crippen LogP contribution in [0, 0.1) is 0 Å². The summed E-state index contributed by atoms with van der Waals surface area (Å²) >= 11 is 0. The van der Waals surface area contributed by atoms with E-state index in [1.165, 1.54) is 25.3 Å². The molecule has 154 valence electrons. The molecule has 2 heterocycles. The highest BCUT2D eigenvalue weighted by atomic mass is 32.2. The van der Waals surface area contributed by atoms with Crippen LogP contribution in [0.2, 0.25) is 0 Å². The summed E-state index contributed by atoms with van der Waals surface area (Å²) in [6, 6.07) is 7.48. The maximum atomic E-state index is 12.4. The first kappa shape index (κ1) is 20.8. The SMILES string of the molecule is CC(OC(=O)C1=CN2CCS(=O)(=O)N=C2C=C1)C(=O)Nc1ccc(C(C)C)cc1. The third-order valence-electron chi connectivity index (χ3n) is 4.56. The molecule has 0 saturated heterocycles. The summed E-state index contributed by atoms with van der Waals surface area (Å²) in [7, 11) is -3.46. The average molecular weight is 417 g/mol. The largest absolute Gasteiger partial charge is 0.449 e. The maximum absolute atomic E-state index is 12.4. The smallest absolute Gasteiger partial charge is 0.340 e. The Balaban J connectivity index is 1.60. The summed E-state index contributed by atoms with van der Waals surface area (Å²) in [5.74, 6) is -0.600. The monoisotopic (exact) mass is 417 g/mol. The molecule has 29 heavy (non-hydrogen) atoms. The van der Waals surface area contributed by atoms with Crippen LogP contribution in [0.1, 0.15) is 32.3 Å². The van der Waals surface area contributed by atoms with Gasteiger partial charge < -0.3 is 15.0 Å². The molecule has 0 aromatic heterocycles. The van der Waals surface area contributed by atoms with Gasteiger partial charge in [0.05, 0.1) is 11.3 Å². The molecule has 0 radical (unpaired) electrons. The van der Waals surface area contributed by atoms with Gasteiger partial charge in [-0.05, 0) is 42.7 Å². The summed E-state index contributed by atoms with van der Waals surface area (Å²) < 4.78 is 32.0. The lowest BCUT2D eigenvalue weighted by Crippen LogP contribution is -2.37. The van der Waals surface area contributed by atoms with Crippen LogP contribution < -0.4 is 5.32 Å². The molecule has 0 fully saturated rings. The second kappa shape index (κ2) is 8.20. The van der Waals surface area contributed by atoms with Gasteiger partial charge in [-0.15, -0.1) is 4.40 Å². The van der Waals surface area contributed by atoms with Gasteiger partial charge in [-0.2, -0.15) is 0 Å². The van der Waals surface area contributed by atoms with Gasteiger partial charge in [0.1, 0.15) is 5.84 Å². The van der Waals surface area contributed by atoms with Gasteiger partial charge in [0.25, 0.3) is 15.9 Å². The van der Waals surface area contributed by atoms with E-state index < -0.39 is 28.0 Å². The first-order valence-electron chi connectivity index (χ1n) is 9.25. The van der Waals surface area contributed by atoms with E-state index in [1.54, 1.807) is 17.0 Å². The van der Waals surface area contributed by atoms with E-state index in [4.69, 9.17) is 4.74 Å². The van der Waals surface area contributed by atoms with Crippen molar-refractivity contribution >= 4 is 33.4 Å². The van der Waals surface area contributed by atoms with E-state index in [9.17, 15) is 18.0 Å². The van der Waals surface area contributed by atoms with Gasteiger partial charge in [0.15, 0.2) is 6.10 Å². The van der Waals surface area contributed by atoms with Crippen molar-refractivity contribution in [3.05, 3.63) is 53.8 Å². The second-order valence-corrected chi connectivity index (χ2v) is 8.91. The van der Waals surface area contributed by atoms with Crippen LogP contribution >= 0.6 is 0 Å². The van der Waals surface area contributed by atoms with E-state index in [0.717, 1.165) is 5.56 Å². The van der Waals surface area contributed by atoms with Crippen molar-refractivity contribution in [2.75, 3.05) is 17.6 Å². The molecule has 2 aliphatic rings. The number of ether oxygens (including phenoxy) is 1. The summed E-state index contributed by atoms with van der Waals surface area (Å²) in [5.41, 5.74) is 1.99. The number of sulfonamides is 1. The summed E-state index contributed by atoms with van der Waals surface area (Å²) in [6.45, 7) is 5.86. The number of nitrogens with zero attached hydrogens (tertiary/aromatic N) is 2. The number of carbonyl (C=O) groups is 2. The molecule has 1 aromatic carbocycles. The van der Waals surface area contributed by atoms with Gasteiger partial charge >= 0.3 is 5.97 Å². The molecule has 0 bridgehead atoms. The first-order valence-corrected chi connectivity index (χ1v) is 10.9. The summed E-state index contributed by atoms with van der Waals surface area (Å²) in [6.07, 6.45) is 3.34. The van der Waals surface area contributed by atoms with Crippen molar-refractivity contribution in [3.63, 3.8) is 0 Å². The lowest BCUT2D eigenvalue weighted by molar-refractivity contribution is -0.149. The number of fused-ring (bicyclic) bond motifs is 1. The van der Waals surface area contributed by atoms with Crippen molar-refractivity contribution in [2.24, 2.45) is 4.40 Å². The molecule has 1 amide bonds. The summed E-state index contributed by atoms with van der Waals surface area (Å²) in [5, 5.41) is 2.72. The van der Waals surface area contributed by atoms with Crippen LogP contribution in [0.5, 0.6) is 0 Å². The Morgan fingerprint density at radius 2 is 1.83 bits per heavy atom. The number of anilines is 1. The van der Waals surface area contributed by atoms with E-state index >= 15 is 0 Å². The van der Waals surface area contributed by atoms with Crippen molar-refractivity contribution in [1.82, 2.24) is 4.90 Å². The molecular weight excluding hydrogens is 394 g/mol. The zero-order valence-corrected chi connectivity index (χ0v) is 17.3. The van der Waals surface area contributed by atoms with Crippen LogP contribution in [0.25, 0.3) is 0 Å². The van der Waals surface area contributed by atoms with E-state index in [0.29, 0.717) is 11.6 Å². The quantitative estimate of drug-likeness (QED) is 0.736. The molecule has 9 heteroatoms. The molecular formula is C20H23N3O5S. The Morgan fingerprint density at radius 3 is 2.48 bits per heavy atom. The number of rotatable bonds is 5. The minimum absolute atomic E-state index is 0.127. The predicted octanol–water partition coefficient (Wildman–Crippen LogP) is 2.18. The Morgan fingerprint density at radius 1 is 1.14 bits per heavy atom. The summed E-state index contributed by atoms with van der Waals surface area (Å²) in [4.78, 5) is 26.3. The van der Waals surface area contributed by atoms with Crippen LogP contribution in [-0.4, -0.2) is 49.4 Å². The molecule has 0 spiro atoms. The van der Waals surface area contributed by atoms with E-state index in [-0.39, 0.29) is 23.7 Å². The van der Waals surface area contributed by atoms with Gasteiger partial charge in [-0.3, -0.25) is 4.79 Å². The number of hydrogen-bond donors (Lipinski definition) is 1. The molecule has 2 aliphatic heterocycles. The normalized spacial score (nSPS) is 18.4. The first-order chi connectivity index (χ1) is 13.6. The molecule has 1 atom stereocenters. The van der Waals surface area contributed by atoms with Crippen molar-refractivity contribution in [1.29, 1.82) is 0 Å². The number of nitrogens with one attached hydrogen (secondary N) is 1. The van der Waals surface area contributed by atoms with Crippen molar-refractivity contribution < 1.29 is 22.7 Å². The Kier molecular flexibility index (Phi) is 5.88. The van der Waals surface area contributed by atoms with Gasteiger partial charge in [0.2, 0.25) is 0 Å². The number of amides is 1. The maximum Gasteiger partial charge on any atom is 0.340 e. The molecule has 1 unspecified atom stereocenters. The number of esters is 1. The highest BCUT2D eigenvalue weighted by Gasteiger charge is 2.27. The van der Waals surface area contributed by atoms with Gasteiger partial charge in [0, 0.05) is 18.4 Å². The Hall–Kier alpha value is -2.94. The fraction of sp³-hybridized carbons (Fsp3) is 0.350. The fourth-order valence-corrected chi connectivity index (χ4v) is 3.77. The number of carbonyl (C=O) groups excluding carboxylic acids is 2. The minimum Gasteiger partial charge on any atom is -0.449 e. The lowest BCUT2D eigenvalue weighted by atomic mass is 10.0. The standard InChI is InChI=1S/C20H23N3O5S/c1-13(2)15-4-7-17(8-5-15)21-19(24)14(3)28-20(25)16-6-9-18-22-29(26,27)11-10-23(18)12-16/h4-9,12-14H,10-11H2,1-3H3,(H,21,24). The number of hydrogen-bond acceptors (Lipinski definition) is 6. The second-order valence-electron chi connectivity index (χ2n) is 7.16. The van der Waals surface area contributed by atoms with Crippen LogP contribution in [0.15, 0.2) is 52.6 Å². The van der Waals surface area contributed by atoms with Crippen molar-refractivity contribution in [2.45, 2.75) is 32.8 Å². The third kappa shape index (κ3) is 5.11. The number of benzene rings is 1. The Labute approximate surface area is 170 Å². The topological polar surface area (TPSA) is 105 Å². The van der Waals surface area contributed by atoms with E-state index in [2.05, 4.69) is 23.6 Å². The molecule has 0 aliphatic carbocycles. The van der Waals surface area contributed by atoms with Crippen LogP contribution in [-0.2, 0) is 24.3 Å².